The molecule has 2 heterocycles. The quantitative estimate of drug-likeness (QED) is 0.445. The minimum atomic E-state index is -1.27. The highest BCUT2D eigenvalue weighted by atomic mass is 35.5. The summed E-state index contributed by atoms with van der Waals surface area (Å²) in [6, 6.07) is 7.21. The van der Waals surface area contributed by atoms with Crippen molar-refractivity contribution < 1.29 is 23.9 Å². The second-order valence-electron chi connectivity index (χ2n) is 8.17. The van der Waals surface area contributed by atoms with Crippen LogP contribution in [-0.2, 0) is 19.1 Å². The highest BCUT2D eigenvalue weighted by molar-refractivity contribution is 8.03. The number of rotatable bonds is 7. The van der Waals surface area contributed by atoms with Gasteiger partial charge in [-0.05, 0) is 50.8 Å². The van der Waals surface area contributed by atoms with Gasteiger partial charge in [-0.2, -0.15) is 5.26 Å². The van der Waals surface area contributed by atoms with Crippen molar-refractivity contribution in [3.8, 4) is 11.8 Å². The standard InChI is InChI=1S/C24H28ClN3O5S/c1-4-33-18-9-8-15(11-17(18)25)20-16(12-26)23(27-22(30)21(20)24(31)32-3)34-13-19(29)28-10-6-5-7-14(28)2/h8-9,11,14,20-21H,4-7,10,13H2,1-3H3,(H,27,30)/t14-,20+,21+/m0/s1. The van der Waals surface area contributed by atoms with Crippen LogP contribution in [0.3, 0.4) is 0 Å². The number of hydrogen-bond donors (Lipinski definition) is 1. The van der Waals surface area contributed by atoms with E-state index in [4.69, 9.17) is 21.1 Å². The molecule has 2 amide bonds. The summed E-state index contributed by atoms with van der Waals surface area (Å²) >= 11 is 7.46. The van der Waals surface area contributed by atoms with Crippen molar-refractivity contribution in [3.63, 3.8) is 0 Å². The lowest BCUT2D eigenvalue weighted by molar-refractivity contribution is -0.150. The zero-order valence-electron chi connectivity index (χ0n) is 19.4. The summed E-state index contributed by atoms with van der Waals surface area (Å²) < 4.78 is 10.3. The maximum absolute atomic E-state index is 13.0. The van der Waals surface area contributed by atoms with Crippen molar-refractivity contribution in [2.75, 3.05) is 26.0 Å². The molecule has 2 aliphatic heterocycles. The lowest BCUT2D eigenvalue weighted by Crippen LogP contribution is -2.45. The van der Waals surface area contributed by atoms with Gasteiger partial charge in [0, 0.05) is 18.5 Å². The van der Waals surface area contributed by atoms with Gasteiger partial charge in [0.1, 0.15) is 11.7 Å². The van der Waals surface area contributed by atoms with E-state index in [-0.39, 0.29) is 28.3 Å². The van der Waals surface area contributed by atoms with Gasteiger partial charge >= 0.3 is 5.97 Å². The SMILES string of the molecule is CCOc1ccc([C@@H]2C(C#N)=C(SCC(=O)N3CCCC[C@@H]3C)NC(=O)[C@@H]2C(=O)OC)cc1Cl. The van der Waals surface area contributed by atoms with Crippen LogP contribution in [0.5, 0.6) is 5.75 Å². The Hall–Kier alpha value is -2.70. The fraction of sp³-hybridized carbons (Fsp3) is 0.500. The Morgan fingerprint density at radius 1 is 1.35 bits per heavy atom. The summed E-state index contributed by atoms with van der Waals surface area (Å²) in [4.78, 5) is 40.2. The molecule has 0 aliphatic carbocycles. The lowest BCUT2D eigenvalue weighted by atomic mass is 9.78. The molecule has 0 spiro atoms. The fourth-order valence-electron chi connectivity index (χ4n) is 4.35. The van der Waals surface area contributed by atoms with Gasteiger partial charge in [-0.1, -0.05) is 29.4 Å². The van der Waals surface area contributed by atoms with Crippen LogP contribution >= 0.6 is 23.4 Å². The largest absolute Gasteiger partial charge is 0.492 e. The Morgan fingerprint density at radius 3 is 2.74 bits per heavy atom. The molecule has 182 valence electrons. The predicted molar refractivity (Wildman–Crippen MR) is 129 cm³/mol. The molecule has 0 aromatic heterocycles. The number of ether oxygens (including phenoxy) is 2. The van der Waals surface area contributed by atoms with Gasteiger partial charge < -0.3 is 19.7 Å². The molecule has 10 heteroatoms. The third-order valence-corrected chi connectivity index (χ3v) is 7.36. The topological polar surface area (TPSA) is 109 Å². The number of methoxy groups -OCH3 is 1. The van der Waals surface area contributed by atoms with E-state index >= 15 is 0 Å². The molecular formula is C24H28ClN3O5S. The van der Waals surface area contributed by atoms with Gasteiger partial charge in [0.25, 0.3) is 0 Å². The summed E-state index contributed by atoms with van der Waals surface area (Å²) in [7, 11) is 1.19. The molecule has 0 bridgehead atoms. The van der Waals surface area contributed by atoms with Crippen molar-refractivity contribution in [3.05, 3.63) is 39.4 Å². The smallest absolute Gasteiger partial charge is 0.319 e. The Bertz CT molecular complexity index is 1040. The number of nitrogens with one attached hydrogen (secondary N) is 1. The fourth-order valence-corrected chi connectivity index (χ4v) is 5.53. The molecule has 0 unspecified atom stereocenters. The van der Waals surface area contributed by atoms with Crippen LogP contribution in [-0.4, -0.2) is 54.7 Å². The second-order valence-corrected chi connectivity index (χ2v) is 9.56. The summed E-state index contributed by atoms with van der Waals surface area (Å²) in [5.74, 6) is -3.05. The monoisotopic (exact) mass is 505 g/mol. The Kier molecular flexibility index (Phi) is 8.86. The van der Waals surface area contributed by atoms with Gasteiger partial charge in [-0.15, -0.1) is 0 Å². The van der Waals surface area contributed by atoms with Gasteiger partial charge in [0.05, 0.1) is 41.2 Å². The average molecular weight is 506 g/mol. The summed E-state index contributed by atoms with van der Waals surface area (Å²) in [6.45, 7) is 4.98. The highest BCUT2D eigenvalue weighted by Crippen LogP contribution is 2.42. The Morgan fingerprint density at radius 2 is 2.12 bits per heavy atom. The molecule has 34 heavy (non-hydrogen) atoms. The molecule has 3 atom stereocenters. The zero-order chi connectivity index (χ0) is 24.8. The average Bonchev–Trinajstić information content (AvgIpc) is 2.83. The molecule has 1 saturated heterocycles. The number of nitriles is 1. The molecule has 1 aromatic rings. The minimum absolute atomic E-state index is 0.0491. The van der Waals surface area contributed by atoms with Gasteiger partial charge in [-0.3, -0.25) is 14.4 Å². The molecule has 2 aliphatic rings. The first-order chi connectivity index (χ1) is 16.3. The molecule has 3 rings (SSSR count). The Balaban J connectivity index is 1.95. The van der Waals surface area contributed by atoms with E-state index in [0.717, 1.165) is 31.0 Å². The number of carbonyl (C=O) groups is 3. The van der Waals surface area contributed by atoms with Crippen LogP contribution in [0, 0.1) is 17.2 Å². The van der Waals surface area contributed by atoms with Crippen molar-refractivity contribution in [1.82, 2.24) is 10.2 Å². The number of amides is 2. The minimum Gasteiger partial charge on any atom is -0.492 e. The lowest BCUT2D eigenvalue weighted by Gasteiger charge is -2.34. The van der Waals surface area contributed by atoms with E-state index in [1.54, 1.807) is 18.2 Å². The number of benzene rings is 1. The number of thioether (sulfide) groups is 1. The van der Waals surface area contributed by atoms with E-state index in [0.29, 0.717) is 29.5 Å². The Labute approximate surface area is 208 Å². The van der Waals surface area contributed by atoms with E-state index in [9.17, 15) is 19.6 Å². The van der Waals surface area contributed by atoms with Crippen molar-refractivity contribution in [2.24, 2.45) is 5.92 Å². The number of piperidine rings is 1. The molecule has 1 fully saturated rings. The molecule has 1 aromatic carbocycles. The molecule has 8 nitrogen and oxygen atoms in total. The van der Waals surface area contributed by atoms with Crippen LogP contribution in [0.4, 0.5) is 0 Å². The highest BCUT2D eigenvalue weighted by Gasteiger charge is 2.44. The number of halogens is 1. The van der Waals surface area contributed by atoms with Gasteiger partial charge in [0.2, 0.25) is 11.8 Å². The second kappa shape index (κ2) is 11.6. The summed E-state index contributed by atoms with van der Waals surface area (Å²) in [5, 5.41) is 13.3. The third-order valence-electron chi connectivity index (χ3n) is 6.06. The van der Waals surface area contributed by atoms with Crippen molar-refractivity contribution in [1.29, 1.82) is 5.26 Å². The number of allylic oxidation sites excluding steroid dienone is 1. The number of carbonyl (C=O) groups excluding carboxylic acids is 3. The molecule has 0 radical (unpaired) electrons. The maximum Gasteiger partial charge on any atom is 0.319 e. The number of hydrogen-bond acceptors (Lipinski definition) is 7. The van der Waals surface area contributed by atoms with Crippen LogP contribution in [0.15, 0.2) is 28.8 Å². The van der Waals surface area contributed by atoms with Crippen molar-refractivity contribution >= 4 is 41.1 Å². The van der Waals surface area contributed by atoms with Crippen LogP contribution in [0.1, 0.15) is 44.6 Å². The van der Waals surface area contributed by atoms with Crippen molar-refractivity contribution in [2.45, 2.75) is 45.1 Å². The first-order valence-electron chi connectivity index (χ1n) is 11.2. The number of likely N-dealkylation sites (tertiary alicyclic amines) is 1. The third kappa shape index (κ3) is 5.50. The normalized spacial score (nSPS) is 22.6. The summed E-state index contributed by atoms with van der Waals surface area (Å²) in [6.07, 6.45) is 3.02. The number of nitrogens with zero attached hydrogens (tertiary/aromatic N) is 2. The van der Waals surface area contributed by atoms with Gasteiger partial charge in [0.15, 0.2) is 0 Å². The van der Waals surface area contributed by atoms with Gasteiger partial charge in [-0.25, -0.2) is 0 Å². The molecular weight excluding hydrogens is 478 g/mol. The van der Waals surface area contributed by atoms with Crippen LogP contribution < -0.4 is 10.1 Å². The first-order valence-corrected chi connectivity index (χ1v) is 12.6. The van der Waals surface area contributed by atoms with E-state index in [2.05, 4.69) is 11.4 Å². The first kappa shape index (κ1) is 25.9. The number of esters is 1. The zero-order valence-corrected chi connectivity index (χ0v) is 21.0. The van der Waals surface area contributed by atoms with Crippen LogP contribution in [0.25, 0.3) is 0 Å². The van der Waals surface area contributed by atoms with E-state index < -0.39 is 23.7 Å². The molecule has 1 N–H and O–H groups in total. The maximum atomic E-state index is 13.0. The van der Waals surface area contributed by atoms with E-state index in [1.165, 1.54) is 7.11 Å². The molecule has 0 saturated carbocycles. The van der Waals surface area contributed by atoms with E-state index in [1.807, 2.05) is 18.7 Å². The summed E-state index contributed by atoms with van der Waals surface area (Å²) in [5.41, 5.74) is 0.684. The predicted octanol–water partition coefficient (Wildman–Crippen LogP) is 3.61. The van der Waals surface area contributed by atoms with Crippen LogP contribution in [0.2, 0.25) is 5.02 Å².